The molecule has 0 amide bonds. The van der Waals surface area contributed by atoms with Crippen LogP contribution >= 0.6 is 0 Å². The third-order valence-electron chi connectivity index (χ3n) is 13.3. The Morgan fingerprint density at radius 3 is 1.28 bits per heavy atom. The molecule has 0 spiro atoms. The van der Waals surface area contributed by atoms with Crippen LogP contribution in [0.25, 0.3) is 11.6 Å². The minimum Gasteiger partial charge on any atom is -0.508 e. The molecule has 0 saturated heterocycles. The summed E-state index contributed by atoms with van der Waals surface area (Å²) < 4.78 is 13.4. The summed E-state index contributed by atoms with van der Waals surface area (Å²) in [5, 5.41) is 107. The molecule has 0 radical (unpaired) electrons. The molecule has 1 aliphatic carbocycles. The fourth-order valence-corrected chi connectivity index (χ4v) is 10.6. The third kappa shape index (κ3) is 7.28. The Morgan fingerprint density at radius 2 is 0.750 bits per heavy atom. The summed E-state index contributed by atoms with van der Waals surface area (Å²) >= 11 is 0. The maximum absolute atomic E-state index is 11.5. The van der Waals surface area contributed by atoms with Crippen LogP contribution in [0.5, 0.6) is 69.0 Å². The molecule has 11 rings (SSSR count). The van der Waals surface area contributed by atoms with Gasteiger partial charge >= 0.3 is 0 Å². The van der Waals surface area contributed by atoms with E-state index in [9.17, 15) is 51.1 Å². The van der Waals surface area contributed by atoms with Gasteiger partial charge in [-0.05, 0) is 141 Å². The lowest BCUT2D eigenvalue weighted by Crippen LogP contribution is -2.13. The summed E-state index contributed by atoms with van der Waals surface area (Å²) in [5.41, 5.74) is 7.63. The van der Waals surface area contributed by atoms with Crippen molar-refractivity contribution in [3.05, 3.63) is 213 Å². The molecule has 3 aliphatic rings. The molecule has 0 bridgehead atoms. The fourth-order valence-electron chi connectivity index (χ4n) is 10.6. The highest BCUT2D eigenvalue weighted by atomic mass is 16.5. The SMILES string of the molecule is Oc1ccc([C@H]2c3c(O)cc(O)cc3/C(=C\c3ccc4c(c3)[C@@H](c3cc(O)cc(O)c3)[C@H](c3ccc5c(c3)[C@@H](c3cc(O)cc(O)c3)[C@H](c3ccc(O)cc3)O5)O4)[C@@H]2c2cc(O)cc(O)c2)cc1. The number of hydrogen-bond acceptors (Lipinski definition) is 12. The molecule has 0 saturated carbocycles. The molecule has 2 aliphatic heterocycles. The van der Waals surface area contributed by atoms with Crippen molar-refractivity contribution in [1.29, 1.82) is 0 Å². The number of ether oxygens (including phenoxy) is 2. The highest BCUT2D eigenvalue weighted by Crippen LogP contribution is 2.60. The highest BCUT2D eigenvalue weighted by molar-refractivity contribution is 5.93. The lowest BCUT2D eigenvalue weighted by molar-refractivity contribution is 0.221. The predicted octanol–water partition coefficient (Wildman–Crippen LogP) is 10.7. The normalized spacial score (nSPS) is 20.6. The first-order chi connectivity index (χ1) is 32.7. The molecule has 12 heteroatoms. The highest BCUT2D eigenvalue weighted by Gasteiger charge is 2.44. The van der Waals surface area contributed by atoms with Gasteiger partial charge in [-0.15, -0.1) is 0 Å². The van der Waals surface area contributed by atoms with E-state index in [0.717, 1.165) is 11.1 Å². The van der Waals surface area contributed by atoms with Gasteiger partial charge < -0.3 is 60.5 Å². The molecule has 8 aromatic carbocycles. The monoisotopic (exact) mass is 906 g/mol. The minimum absolute atomic E-state index is 0.0422. The molecule has 68 heavy (non-hydrogen) atoms. The van der Waals surface area contributed by atoms with Gasteiger partial charge in [0.05, 0.1) is 11.8 Å². The average molecular weight is 907 g/mol. The van der Waals surface area contributed by atoms with Crippen molar-refractivity contribution in [1.82, 2.24) is 0 Å². The Kier molecular flexibility index (Phi) is 9.78. The molecule has 0 aromatic heterocycles. The summed E-state index contributed by atoms with van der Waals surface area (Å²) in [5.74, 6) is -2.46. The topological polar surface area (TPSA) is 221 Å². The van der Waals surface area contributed by atoms with Crippen LogP contribution in [0.15, 0.2) is 152 Å². The van der Waals surface area contributed by atoms with E-state index >= 15 is 0 Å². The van der Waals surface area contributed by atoms with E-state index in [-0.39, 0.29) is 57.5 Å². The number of allylic oxidation sites excluding steroid dienone is 1. The minimum atomic E-state index is -0.728. The second-order valence-electron chi connectivity index (χ2n) is 17.6. The van der Waals surface area contributed by atoms with E-state index in [2.05, 4.69) is 0 Å². The van der Waals surface area contributed by atoms with Crippen molar-refractivity contribution in [3.8, 4) is 69.0 Å². The van der Waals surface area contributed by atoms with E-state index in [4.69, 9.17) is 9.47 Å². The van der Waals surface area contributed by atoms with Crippen LogP contribution in [0.1, 0.15) is 97.1 Å². The Morgan fingerprint density at radius 1 is 0.324 bits per heavy atom. The van der Waals surface area contributed by atoms with Crippen molar-refractivity contribution < 1.29 is 60.5 Å². The number of benzene rings is 8. The molecule has 6 atom stereocenters. The zero-order valence-electron chi connectivity index (χ0n) is 35.8. The van der Waals surface area contributed by atoms with Crippen molar-refractivity contribution in [2.45, 2.75) is 35.9 Å². The van der Waals surface area contributed by atoms with Crippen LogP contribution in [0.3, 0.4) is 0 Å². The molecular formula is C56H42O12. The summed E-state index contributed by atoms with van der Waals surface area (Å²) in [7, 11) is 0. The van der Waals surface area contributed by atoms with Crippen LogP contribution < -0.4 is 9.47 Å². The zero-order valence-corrected chi connectivity index (χ0v) is 35.8. The number of aromatic hydroxyl groups is 10. The van der Waals surface area contributed by atoms with Crippen molar-refractivity contribution in [2.75, 3.05) is 0 Å². The smallest absolute Gasteiger partial charge is 0.135 e. The molecule has 10 N–H and O–H groups in total. The summed E-state index contributed by atoms with van der Waals surface area (Å²) in [6.07, 6.45) is 0.581. The number of phenols is 10. The molecule has 12 nitrogen and oxygen atoms in total. The predicted molar refractivity (Wildman–Crippen MR) is 251 cm³/mol. The quantitative estimate of drug-likeness (QED) is 0.0722. The first-order valence-electron chi connectivity index (χ1n) is 21.8. The maximum atomic E-state index is 11.5. The number of fused-ring (bicyclic) bond motifs is 3. The summed E-state index contributed by atoms with van der Waals surface area (Å²) in [4.78, 5) is 0. The van der Waals surface area contributed by atoms with Gasteiger partial charge in [-0.1, -0.05) is 42.5 Å². The van der Waals surface area contributed by atoms with Gasteiger partial charge in [0.2, 0.25) is 0 Å². The number of phenolic OH excluding ortho intramolecular Hbond substituents is 10. The van der Waals surface area contributed by atoms with Gasteiger partial charge in [0.1, 0.15) is 81.2 Å². The molecule has 8 aromatic rings. The first kappa shape index (κ1) is 41.8. The van der Waals surface area contributed by atoms with Gasteiger partial charge in [0, 0.05) is 52.8 Å². The van der Waals surface area contributed by atoms with Gasteiger partial charge in [-0.2, -0.15) is 0 Å². The summed E-state index contributed by atoms with van der Waals surface area (Å²) in [6.45, 7) is 0. The lowest BCUT2D eigenvalue weighted by Gasteiger charge is -2.24. The van der Waals surface area contributed by atoms with Crippen LogP contribution in [0.2, 0.25) is 0 Å². The van der Waals surface area contributed by atoms with E-state index in [0.29, 0.717) is 67.1 Å². The number of rotatable bonds is 7. The van der Waals surface area contributed by atoms with Crippen LogP contribution in [0, 0.1) is 0 Å². The lowest BCUT2D eigenvalue weighted by atomic mass is 9.79. The molecule has 0 fully saturated rings. The van der Waals surface area contributed by atoms with Crippen molar-refractivity contribution in [2.24, 2.45) is 0 Å². The van der Waals surface area contributed by atoms with E-state index < -0.39 is 35.9 Å². The standard InChI is InChI=1S/C56H42O12/c57-34-7-2-28(3-8-34)53-50(31-15-36(59)22-37(60)16-31)43(44-25-42(65)26-47(66)54(44)53)13-27-1-11-48-45(14-27)51(32-17-38(61)23-39(62)18-32)56(68-48)30-6-12-49-46(21-30)52(33-19-40(63)24-41(64)20-33)55(67-49)29-4-9-35(58)10-5-29/h1-26,50-53,55-66H/b43-13+/t50-,51+,52+,53+,55-,56-/m0/s1. The van der Waals surface area contributed by atoms with E-state index in [1.54, 1.807) is 91.0 Å². The number of hydrogen-bond donors (Lipinski definition) is 10. The Hall–Kier alpha value is -8.90. The maximum Gasteiger partial charge on any atom is 0.135 e. The molecule has 0 unspecified atom stereocenters. The zero-order chi connectivity index (χ0) is 47.1. The van der Waals surface area contributed by atoms with Crippen LogP contribution in [-0.4, -0.2) is 51.1 Å². The van der Waals surface area contributed by atoms with Crippen LogP contribution in [0.4, 0.5) is 0 Å². The second-order valence-corrected chi connectivity index (χ2v) is 17.6. The van der Waals surface area contributed by atoms with E-state index in [1.807, 2.05) is 42.5 Å². The van der Waals surface area contributed by atoms with Gasteiger partial charge in [0.25, 0.3) is 0 Å². The Balaban J connectivity index is 1.06. The van der Waals surface area contributed by atoms with Crippen molar-refractivity contribution >= 4 is 11.6 Å². The Bertz CT molecular complexity index is 3280. The van der Waals surface area contributed by atoms with Crippen LogP contribution in [-0.2, 0) is 0 Å². The second kappa shape index (κ2) is 15.9. The Labute approximate surface area is 388 Å². The molecule has 338 valence electrons. The average Bonchev–Trinajstić information content (AvgIpc) is 3.96. The summed E-state index contributed by atoms with van der Waals surface area (Å²) in [6, 6.07) is 40.5. The van der Waals surface area contributed by atoms with Gasteiger partial charge in [-0.25, -0.2) is 0 Å². The molecular weight excluding hydrogens is 865 g/mol. The van der Waals surface area contributed by atoms with Gasteiger partial charge in [0.15, 0.2) is 0 Å². The van der Waals surface area contributed by atoms with E-state index in [1.165, 1.54) is 24.3 Å². The fraction of sp³-hybridized carbons (Fsp3) is 0.107. The first-order valence-corrected chi connectivity index (χ1v) is 21.8. The largest absolute Gasteiger partial charge is 0.508 e. The third-order valence-corrected chi connectivity index (χ3v) is 13.3. The molecule has 2 heterocycles. The van der Waals surface area contributed by atoms with Crippen molar-refractivity contribution in [3.63, 3.8) is 0 Å². The van der Waals surface area contributed by atoms with Gasteiger partial charge in [-0.3, -0.25) is 0 Å².